The number of phenolic OH excluding ortho intramolecular Hbond substituents is 1. The van der Waals surface area contributed by atoms with Crippen molar-refractivity contribution >= 4 is 0 Å². The molecule has 0 aromatic heterocycles. The zero-order chi connectivity index (χ0) is 18.7. The Morgan fingerprint density at radius 3 is 2.58 bits per heavy atom. The molecule has 6 heteroatoms. The predicted octanol–water partition coefficient (Wildman–Crippen LogP) is 3.41. The predicted molar refractivity (Wildman–Crippen MR) is 96.2 cm³/mol. The van der Waals surface area contributed by atoms with Crippen LogP contribution < -0.4 is 19.9 Å². The Morgan fingerprint density at radius 1 is 1.12 bits per heavy atom. The zero-order valence-electron chi connectivity index (χ0n) is 14.7. The lowest BCUT2D eigenvalue weighted by molar-refractivity contribution is 0.325. The maximum absolute atomic E-state index is 9.76. The highest BCUT2D eigenvalue weighted by Gasteiger charge is 2.33. The molecule has 0 radical (unpaired) electrons. The molecular weight excluding hydrogens is 332 g/mol. The summed E-state index contributed by atoms with van der Waals surface area (Å²) in [5.74, 6) is 1.32. The average molecular weight is 352 g/mol. The molecule has 3 rings (SSSR count). The van der Waals surface area contributed by atoms with Crippen LogP contribution in [0.25, 0.3) is 0 Å². The minimum Gasteiger partial charge on any atom is -0.508 e. The first-order valence-electron chi connectivity index (χ1n) is 8.39. The van der Waals surface area contributed by atoms with Crippen LogP contribution in [0, 0.1) is 11.3 Å². The summed E-state index contributed by atoms with van der Waals surface area (Å²) in [4.78, 5) is 0. The van der Waals surface area contributed by atoms with Crippen molar-refractivity contribution in [3.63, 3.8) is 0 Å². The first-order valence-corrected chi connectivity index (χ1v) is 8.39. The number of rotatable bonds is 5. The minimum atomic E-state index is -0.480. The smallest absolute Gasteiger partial charge is 0.205 e. The molecule has 1 atom stereocenters. The summed E-state index contributed by atoms with van der Waals surface area (Å²) in [6, 6.07) is 12.4. The van der Waals surface area contributed by atoms with Gasteiger partial charge in [-0.15, -0.1) is 0 Å². The molecule has 6 nitrogen and oxygen atoms in total. The number of benzene rings is 2. The standard InChI is InChI=1S/C20H20N2O4/c1-3-24-13-6-8-17(25-4-2)15(10-13)19-14-7-5-12(23)9-18(14)26-20(22)16(19)11-21/h5-10,19,23H,3-4,22H2,1-2H3. The summed E-state index contributed by atoms with van der Waals surface area (Å²) in [6.07, 6.45) is 0. The number of fused-ring (bicyclic) bond motifs is 1. The lowest BCUT2D eigenvalue weighted by Gasteiger charge is -2.28. The maximum Gasteiger partial charge on any atom is 0.205 e. The van der Waals surface area contributed by atoms with Crippen LogP contribution in [0.15, 0.2) is 47.9 Å². The van der Waals surface area contributed by atoms with Crippen molar-refractivity contribution < 1.29 is 19.3 Å². The second-order valence-corrected chi connectivity index (χ2v) is 5.71. The van der Waals surface area contributed by atoms with Crippen LogP contribution in [-0.4, -0.2) is 18.3 Å². The van der Waals surface area contributed by atoms with Gasteiger partial charge in [-0.3, -0.25) is 0 Å². The fraction of sp³-hybridized carbons (Fsp3) is 0.250. The van der Waals surface area contributed by atoms with Gasteiger partial charge in [0.05, 0.1) is 19.1 Å². The number of aromatic hydroxyl groups is 1. The Kier molecular flexibility index (Phi) is 4.90. The largest absolute Gasteiger partial charge is 0.508 e. The van der Waals surface area contributed by atoms with Gasteiger partial charge in [-0.1, -0.05) is 6.07 Å². The first kappa shape index (κ1) is 17.5. The molecule has 0 spiro atoms. The summed E-state index contributed by atoms with van der Waals surface area (Å²) < 4.78 is 16.9. The molecule has 0 amide bonds. The van der Waals surface area contributed by atoms with Crippen LogP contribution in [0.4, 0.5) is 0 Å². The molecule has 3 N–H and O–H groups in total. The Bertz CT molecular complexity index is 899. The Balaban J connectivity index is 2.23. The fourth-order valence-corrected chi connectivity index (χ4v) is 3.06. The van der Waals surface area contributed by atoms with Crippen molar-refractivity contribution in [3.8, 4) is 29.1 Å². The number of hydrogen-bond donors (Lipinski definition) is 2. The van der Waals surface area contributed by atoms with Gasteiger partial charge in [-0.25, -0.2) is 0 Å². The van der Waals surface area contributed by atoms with Crippen molar-refractivity contribution in [2.24, 2.45) is 5.73 Å². The van der Waals surface area contributed by atoms with E-state index >= 15 is 0 Å². The molecule has 1 unspecified atom stereocenters. The third-order valence-electron chi connectivity index (χ3n) is 4.11. The van der Waals surface area contributed by atoms with Gasteiger partial charge >= 0.3 is 0 Å². The van der Waals surface area contributed by atoms with Crippen LogP contribution >= 0.6 is 0 Å². The summed E-state index contributed by atoms with van der Waals surface area (Å²) in [6.45, 7) is 4.80. The lowest BCUT2D eigenvalue weighted by Crippen LogP contribution is -2.21. The lowest BCUT2D eigenvalue weighted by atomic mass is 9.83. The molecular formula is C20H20N2O4. The summed E-state index contributed by atoms with van der Waals surface area (Å²) >= 11 is 0. The zero-order valence-corrected chi connectivity index (χ0v) is 14.7. The van der Waals surface area contributed by atoms with Crippen molar-refractivity contribution in [3.05, 3.63) is 59.0 Å². The molecule has 1 heterocycles. The summed E-state index contributed by atoms with van der Waals surface area (Å²) in [5.41, 5.74) is 7.76. The van der Waals surface area contributed by atoms with Crippen LogP contribution in [-0.2, 0) is 0 Å². The topological polar surface area (TPSA) is 97.7 Å². The van der Waals surface area contributed by atoms with Gasteiger partial charge in [-0.05, 0) is 38.1 Å². The average Bonchev–Trinajstić information content (AvgIpc) is 2.62. The van der Waals surface area contributed by atoms with E-state index in [1.807, 2.05) is 32.0 Å². The third kappa shape index (κ3) is 3.11. The SMILES string of the molecule is CCOc1ccc(OCC)c(C2C(C#N)=C(N)Oc3cc(O)ccc32)c1. The van der Waals surface area contributed by atoms with E-state index in [0.29, 0.717) is 30.5 Å². The van der Waals surface area contributed by atoms with E-state index in [-0.39, 0.29) is 17.2 Å². The quantitative estimate of drug-likeness (QED) is 0.856. The number of ether oxygens (including phenoxy) is 3. The highest BCUT2D eigenvalue weighted by atomic mass is 16.5. The van der Waals surface area contributed by atoms with Gasteiger partial charge in [0, 0.05) is 17.2 Å². The van der Waals surface area contributed by atoms with E-state index in [9.17, 15) is 10.4 Å². The molecule has 134 valence electrons. The second kappa shape index (κ2) is 7.28. The fourth-order valence-electron chi connectivity index (χ4n) is 3.06. The monoisotopic (exact) mass is 352 g/mol. The van der Waals surface area contributed by atoms with Crippen LogP contribution in [0.1, 0.15) is 30.9 Å². The highest BCUT2D eigenvalue weighted by Crippen LogP contribution is 2.46. The Labute approximate surface area is 152 Å². The first-order chi connectivity index (χ1) is 12.6. The van der Waals surface area contributed by atoms with Crippen molar-refractivity contribution in [1.82, 2.24) is 0 Å². The van der Waals surface area contributed by atoms with Crippen LogP contribution in [0.2, 0.25) is 0 Å². The number of nitrogens with two attached hydrogens (primary N) is 1. The molecule has 0 saturated heterocycles. The molecule has 0 bridgehead atoms. The van der Waals surface area contributed by atoms with E-state index in [0.717, 1.165) is 11.1 Å². The van der Waals surface area contributed by atoms with E-state index in [4.69, 9.17) is 19.9 Å². The second-order valence-electron chi connectivity index (χ2n) is 5.71. The molecule has 0 fully saturated rings. The van der Waals surface area contributed by atoms with Gasteiger partial charge in [0.15, 0.2) is 0 Å². The van der Waals surface area contributed by atoms with Gasteiger partial charge in [0.25, 0.3) is 0 Å². The molecule has 26 heavy (non-hydrogen) atoms. The van der Waals surface area contributed by atoms with E-state index in [1.165, 1.54) is 6.07 Å². The molecule has 0 aliphatic carbocycles. The van der Waals surface area contributed by atoms with Crippen LogP contribution in [0.3, 0.4) is 0 Å². The van der Waals surface area contributed by atoms with Crippen molar-refractivity contribution in [2.45, 2.75) is 19.8 Å². The van der Waals surface area contributed by atoms with Gasteiger partial charge < -0.3 is 25.1 Å². The molecule has 2 aromatic carbocycles. The molecule has 2 aromatic rings. The van der Waals surface area contributed by atoms with Gasteiger partial charge in [-0.2, -0.15) is 5.26 Å². The summed E-state index contributed by atoms with van der Waals surface area (Å²) in [5, 5.41) is 19.4. The number of allylic oxidation sites excluding steroid dienone is 1. The normalized spacial score (nSPS) is 15.7. The minimum absolute atomic E-state index is 0.0138. The van der Waals surface area contributed by atoms with E-state index < -0.39 is 5.92 Å². The van der Waals surface area contributed by atoms with Gasteiger partial charge in [0.2, 0.25) is 5.88 Å². The number of hydrogen-bond acceptors (Lipinski definition) is 6. The molecule has 0 saturated carbocycles. The molecule has 1 aliphatic rings. The Hall–Kier alpha value is -3.33. The third-order valence-corrected chi connectivity index (χ3v) is 4.11. The summed E-state index contributed by atoms with van der Waals surface area (Å²) in [7, 11) is 0. The van der Waals surface area contributed by atoms with Crippen molar-refractivity contribution in [2.75, 3.05) is 13.2 Å². The van der Waals surface area contributed by atoms with Crippen LogP contribution in [0.5, 0.6) is 23.0 Å². The van der Waals surface area contributed by atoms with Crippen molar-refractivity contribution in [1.29, 1.82) is 5.26 Å². The number of nitriles is 1. The number of phenols is 1. The highest BCUT2D eigenvalue weighted by molar-refractivity contribution is 5.60. The number of nitrogens with zero attached hydrogens (tertiary/aromatic N) is 1. The van der Waals surface area contributed by atoms with E-state index in [1.54, 1.807) is 12.1 Å². The maximum atomic E-state index is 9.76. The van der Waals surface area contributed by atoms with Gasteiger partial charge in [0.1, 0.15) is 34.6 Å². The Morgan fingerprint density at radius 2 is 1.88 bits per heavy atom. The molecule has 1 aliphatic heterocycles. The van der Waals surface area contributed by atoms with E-state index in [2.05, 4.69) is 6.07 Å².